The minimum atomic E-state index is -0.410. The van der Waals surface area contributed by atoms with Crippen LogP contribution in [0, 0.1) is 6.92 Å². The van der Waals surface area contributed by atoms with Crippen LogP contribution in [0.3, 0.4) is 0 Å². The highest BCUT2D eigenvalue weighted by Gasteiger charge is 2.28. The number of anilines is 2. The Balaban J connectivity index is 1.62. The quantitative estimate of drug-likeness (QED) is 0.609. The number of hydrogen-bond donors (Lipinski definition) is 0. The lowest BCUT2D eigenvalue weighted by molar-refractivity contribution is 0.0526. The first kappa shape index (κ1) is 19.0. The van der Waals surface area contributed by atoms with Gasteiger partial charge >= 0.3 is 5.97 Å². The maximum Gasteiger partial charge on any atom is 0.342 e. The van der Waals surface area contributed by atoms with E-state index in [-0.39, 0.29) is 0 Å². The zero-order chi connectivity index (χ0) is 20.4. The Morgan fingerprint density at radius 1 is 1.14 bits per heavy atom. The number of carbonyl (C=O) groups excluding carboxylic acids is 1. The number of esters is 1. The standard InChI is InChI=1S/C21H24N4O4/c1-4-28-21(26)17-14(2)29-20-18(17)19(22-13-23-20)25-11-9-24(10-12-25)15-7-5-6-8-16(15)27-3/h5-8,13H,4,9-12H2,1-3H3. The van der Waals surface area contributed by atoms with Crippen molar-refractivity contribution in [3.63, 3.8) is 0 Å². The lowest BCUT2D eigenvalue weighted by atomic mass is 10.1. The number of furan rings is 1. The molecule has 0 radical (unpaired) electrons. The van der Waals surface area contributed by atoms with Gasteiger partial charge in [0.25, 0.3) is 0 Å². The summed E-state index contributed by atoms with van der Waals surface area (Å²) in [5.41, 5.74) is 1.89. The maximum absolute atomic E-state index is 12.5. The molecule has 0 unspecified atom stereocenters. The van der Waals surface area contributed by atoms with Crippen molar-refractivity contribution in [1.82, 2.24) is 9.97 Å². The van der Waals surface area contributed by atoms with Crippen molar-refractivity contribution in [2.75, 3.05) is 49.7 Å². The molecular weight excluding hydrogens is 372 g/mol. The summed E-state index contributed by atoms with van der Waals surface area (Å²) in [4.78, 5) is 25.6. The zero-order valence-corrected chi connectivity index (χ0v) is 16.8. The fraction of sp³-hybridized carbons (Fsp3) is 0.381. The predicted octanol–water partition coefficient (Wildman–Crippen LogP) is 3.04. The molecule has 0 saturated carbocycles. The Hall–Kier alpha value is -3.29. The topological polar surface area (TPSA) is 80.9 Å². The molecule has 3 aromatic rings. The molecule has 0 atom stereocenters. The van der Waals surface area contributed by atoms with E-state index in [9.17, 15) is 4.79 Å². The van der Waals surface area contributed by atoms with Gasteiger partial charge in [-0.3, -0.25) is 0 Å². The highest BCUT2D eigenvalue weighted by Crippen LogP contribution is 2.33. The van der Waals surface area contributed by atoms with Crippen LogP contribution in [0.5, 0.6) is 5.75 Å². The van der Waals surface area contributed by atoms with Crippen molar-refractivity contribution in [2.45, 2.75) is 13.8 Å². The number of fused-ring (bicyclic) bond motifs is 1. The van der Waals surface area contributed by atoms with Crippen molar-refractivity contribution in [2.24, 2.45) is 0 Å². The summed E-state index contributed by atoms with van der Waals surface area (Å²) < 4.78 is 16.4. The van der Waals surface area contributed by atoms with E-state index in [0.717, 1.165) is 37.6 Å². The zero-order valence-electron chi connectivity index (χ0n) is 16.8. The van der Waals surface area contributed by atoms with Gasteiger partial charge in [-0.2, -0.15) is 0 Å². The monoisotopic (exact) mass is 396 g/mol. The summed E-state index contributed by atoms with van der Waals surface area (Å²) in [5, 5.41) is 0.620. The van der Waals surface area contributed by atoms with E-state index in [4.69, 9.17) is 13.9 Å². The maximum atomic E-state index is 12.5. The molecule has 4 rings (SSSR count). The van der Waals surface area contributed by atoms with E-state index < -0.39 is 5.97 Å². The predicted molar refractivity (Wildman–Crippen MR) is 110 cm³/mol. The first-order chi connectivity index (χ1) is 14.1. The smallest absolute Gasteiger partial charge is 0.342 e. The molecule has 1 aliphatic heterocycles. The van der Waals surface area contributed by atoms with Gasteiger partial charge in [0.05, 0.1) is 24.8 Å². The fourth-order valence-corrected chi connectivity index (χ4v) is 3.77. The van der Waals surface area contributed by atoms with Gasteiger partial charge in [0.1, 0.15) is 29.2 Å². The Labute approximate surface area is 169 Å². The third kappa shape index (κ3) is 3.46. The molecule has 1 aliphatic rings. The number of ether oxygens (including phenoxy) is 2. The molecule has 8 nitrogen and oxygen atoms in total. The lowest BCUT2D eigenvalue weighted by Gasteiger charge is -2.37. The van der Waals surface area contributed by atoms with Crippen molar-refractivity contribution >= 4 is 28.6 Å². The van der Waals surface area contributed by atoms with Crippen LogP contribution in [0.1, 0.15) is 23.0 Å². The van der Waals surface area contributed by atoms with Gasteiger partial charge in [0, 0.05) is 26.2 Å². The molecule has 0 spiro atoms. The minimum Gasteiger partial charge on any atom is -0.495 e. The number of hydrogen-bond acceptors (Lipinski definition) is 8. The van der Waals surface area contributed by atoms with Gasteiger partial charge in [-0.25, -0.2) is 14.8 Å². The van der Waals surface area contributed by atoms with Crippen LogP contribution in [0.4, 0.5) is 11.5 Å². The lowest BCUT2D eigenvalue weighted by Crippen LogP contribution is -2.47. The highest BCUT2D eigenvalue weighted by atomic mass is 16.5. The number of piperazine rings is 1. The Morgan fingerprint density at radius 3 is 2.59 bits per heavy atom. The Bertz CT molecular complexity index is 1020. The molecule has 0 aliphatic carbocycles. The number of methoxy groups -OCH3 is 1. The molecule has 0 amide bonds. The van der Waals surface area contributed by atoms with E-state index in [1.165, 1.54) is 6.33 Å². The van der Waals surface area contributed by atoms with E-state index in [2.05, 4.69) is 25.8 Å². The molecule has 1 saturated heterocycles. The summed E-state index contributed by atoms with van der Waals surface area (Å²) in [6.07, 6.45) is 1.47. The van der Waals surface area contributed by atoms with Crippen LogP contribution < -0.4 is 14.5 Å². The van der Waals surface area contributed by atoms with E-state index in [0.29, 0.717) is 34.8 Å². The summed E-state index contributed by atoms with van der Waals surface area (Å²) in [6, 6.07) is 8.01. The van der Waals surface area contributed by atoms with Crippen LogP contribution in [-0.4, -0.2) is 55.8 Å². The first-order valence-corrected chi connectivity index (χ1v) is 9.68. The van der Waals surface area contributed by atoms with E-state index >= 15 is 0 Å². The van der Waals surface area contributed by atoms with Crippen molar-refractivity contribution < 1.29 is 18.7 Å². The fourth-order valence-electron chi connectivity index (χ4n) is 3.77. The Kier molecular flexibility index (Phi) is 5.24. The van der Waals surface area contributed by atoms with Gasteiger partial charge in [-0.05, 0) is 26.0 Å². The molecule has 0 N–H and O–H groups in total. The van der Waals surface area contributed by atoms with E-state index in [1.807, 2.05) is 18.2 Å². The highest BCUT2D eigenvalue weighted by molar-refractivity contribution is 6.07. The molecular formula is C21H24N4O4. The van der Waals surface area contributed by atoms with Gasteiger partial charge in [-0.15, -0.1) is 0 Å². The van der Waals surface area contributed by atoms with Crippen molar-refractivity contribution in [3.05, 3.63) is 41.9 Å². The minimum absolute atomic E-state index is 0.297. The van der Waals surface area contributed by atoms with Crippen LogP contribution in [0.2, 0.25) is 0 Å². The molecule has 0 bridgehead atoms. The third-order valence-electron chi connectivity index (χ3n) is 5.13. The van der Waals surface area contributed by atoms with Gasteiger partial charge in [-0.1, -0.05) is 12.1 Å². The average Bonchev–Trinajstić information content (AvgIpc) is 3.10. The molecule has 152 valence electrons. The summed E-state index contributed by atoms with van der Waals surface area (Å²) in [6.45, 7) is 6.93. The van der Waals surface area contributed by atoms with Crippen molar-refractivity contribution in [1.29, 1.82) is 0 Å². The third-order valence-corrected chi connectivity index (χ3v) is 5.13. The molecule has 29 heavy (non-hydrogen) atoms. The number of carbonyl (C=O) groups is 1. The normalized spacial score (nSPS) is 14.3. The number of nitrogens with zero attached hydrogens (tertiary/aromatic N) is 4. The molecule has 1 fully saturated rings. The summed E-state index contributed by atoms with van der Waals surface area (Å²) in [7, 11) is 1.69. The van der Waals surface area contributed by atoms with Gasteiger partial charge in [0.2, 0.25) is 5.71 Å². The summed E-state index contributed by atoms with van der Waals surface area (Å²) in [5.74, 6) is 1.65. The number of aromatic nitrogens is 2. The average molecular weight is 396 g/mol. The van der Waals surface area contributed by atoms with Gasteiger partial charge in [0.15, 0.2) is 0 Å². The summed E-state index contributed by atoms with van der Waals surface area (Å²) >= 11 is 0. The number of aryl methyl sites for hydroxylation is 1. The molecule has 3 heterocycles. The number of benzene rings is 1. The number of para-hydroxylation sites is 2. The van der Waals surface area contributed by atoms with Crippen molar-refractivity contribution in [3.8, 4) is 5.75 Å². The molecule has 2 aromatic heterocycles. The number of rotatable bonds is 5. The van der Waals surface area contributed by atoms with Crippen LogP contribution in [-0.2, 0) is 4.74 Å². The van der Waals surface area contributed by atoms with Crippen LogP contribution in [0.15, 0.2) is 35.0 Å². The molecule has 1 aromatic carbocycles. The largest absolute Gasteiger partial charge is 0.495 e. The van der Waals surface area contributed by atoms with Gasteiger partial charge < -0.3 is 23.7 Å². The molecule has 8 heteroatoms. The van der Waals surface area contributed by atoms with E-state index in [1.54, 1.807) is 21.0 Å². The first-order valence-electron chi connectivity index (χ1n) is 9.68. The SMILES string of the molecule is CCOC(=O)c1c(C)oc2ncnc(N3CCN(c4ccccc4OC)CC3)c12. The van der Waals surface area contributed by atoms with Crippen LogP contribution in [0.25, 0.3) is 11.1 Å². The second-order valence-corrected chi connectivity index (χ2v) is 6.78. The Morgan fingerprint density at radius 2 is 1.86 bits per heavy atom. The second-order valence-electron chi connectivity index (χ2n) is 6.78. The second kappa shape index (κ2) is 7.98. The van der Waals surface area contributed by atoms with Crippen LogP contribution >= 0.6 is 0 Å².